The van der Waals surface area contributed by atoms with Gasteiger partial charge >= 0.3 is 5.97 Å². The quantitative estimate of drug-likeness (QED) is 0.0316. The fraction of sp³-hybridized carbons (Fsp3) is 0.794. The van der Waals surface area contributed by atoms with Crippen molar-refractivity contribution in [2.24, 2.45) is 17.3 Å². The average molecular weight is 656 g/mol. The summed E-state index contributed by atoms with van der Waals surface area (Å²) in [6.07, 6.45) is 11.4. The number of hydrogen-bond acceptors (Lipinski definition) is 8. The van der Waals surface area contributed by atoms with Crippen LogP contribution in [0.5, 0.6) is 0 Å². The first-order valence-electron chi connectivity index (χ1n) is 16.8. The van der Waals surface area contributed by atoms with Crippen molar-refractivity contribution in [3.05, 3.63) is 12.7 Å². The van der Waals surface area contributed by atoms with Gasteiger partial charge < -0.3 is 41.2 Å². The number of carbonyl (C=O) groups excluding carboxylic acids is 4. The minimum absolute atomic E-state index is 0.00629. The summed E-state index contributed by atoms with van der Waals surface area (Å²) in [5.41, 5.74) is -1.07. The molecule has 0 saturated carbocycles. The van der Waals surface area contributed by atoms with E-state index in [1.54, 1.807) is 20.8 Å². The van der Waals surface area contributed by atoms with Crippen molar-refractivity contribution in [3.8, 4) is 0 Å². The van der Waals surface area contributed by atoms with E-state index in [1.165, 1.54) is 71.3 Å². The summed E-state index contributed by atoms with van der Waals surface area (Å²) in [6, 6.07) is -4.86. The Hall–Kier alpha value is -2.83. The highest BCUT2D eigenvalue weighted by atomic mass is 16.4. The van der Waals surface area contributed by atoms with Gasteiger partial charge in [0, 0.05) is 11.3 Å². The summed E-state index contributed by atoms with van der Waals surface area (Å²) >= 11 is 0. The van der Waals surface area contributed by atoms with Gasteiger partial charge in [-0.05, 0) is 13.3 Å². The van der Waals surface area contributed by atoms with E-state index in [-0.39, 0.29) is 6.29 Å². The Bertz CT molecular complexity index is 956. The predicted octanol–water partition coefficient (Wildman–Crippen LogP) is 3.01. The molecular weight excluding hydrogens is 594 g/mol. The number of carbonyl (C=O) groups is 5. The Kier molecular flexibility index (Phi) is 21.3. The van der Waals surface area contributed by atoms with Crippen LogP contribution in [-0.4, -0.2) is 86.8 Å². The molecule has 0 saturated heterocycles. The zero-order chi connectivity index (χ0) is 35.4. The number of carboxylic acid groups (broad SMARTS) is 1. The number of aliphatic carboxylic acids is 1. The lowest BCUT2D eigenvalue weighted by molar-refractivity contribution is -0.144. The highest BCUT2D eigenvalue weighted by Gasteiger charge is 2.40. The molecule has 0 heterocycles. The molecule has 0 aliphatic heterocycles. The van der Waals surface area contributed by atoms with Gasteiger partial charge in [0.15, 0.2) is 12.3 Å². The standard InChI is InChI=1S/C34H61N3O9/c1-8-10-11-12-13-14-15-16-17-18-19-20-26(40)22(3)28(41)23(4)30(42)37-29(34(6,7)9-2)32(44)36-27(24(5)39)31(43)35-25(21-38)33(45)46/h9,21-29,39-41H,2,8,10-20H2,1,3-7H3,(H,35,43)(H,36,44)(H,37,42)(H,45,46)/t22-,23+,24+,25-,26+,27-,28+,29+/m0/s1. The van der Waals surface area contributed by atoms with E-state index in [4.69, 9.17) is 5.11 Å². The maximum atomic E-state index is 13.4. The normalized spacial score (nSPS) is 16.9. The van der Waals surface area contributed by atoms with Gasteiger partial charge in [-0.15, -0.1) is 6.58 Å². The number of carboxylic acids is 1. The Balaban J connectivity index is 5.17. The molecule has 266 valence electrons. The van der Waals surface area contributed by atoms with Gasteiger partial charge in [0.05, 0.1) is 24.2 Å². The minimum atomic E-state index is -1.89. The van der Waals surface area contributed by atoms with E-state index < -0.39 is 77.4 Å². The van der Waals surface area contributed by atoms with Crippen molar-refractivity contribution < 1.29 is 44.4 Å². The Morgan fingerprint density at radius 2 is 1.26 bits per heavy atom. The largest absolute Gasteiger partial charge is 0.479 e. The maximum absolute atomic E-state index is 13.4. The monoisotopic (exact) mass is 655 g/mol. The fourth-order valence-corrected chi connectivity index (χ4v) is 5.14. The van der Waals surface area contributed by atoms with Crippen LogP contribution in [0.4, 0.5) is 0 Å². The second-order valence-corrected chi connectivity index (χ2v) is 13.2. The van der Waals surface area contributed by atoms with Crippen molar-refractivity contribution in [2.45, 2.75) is 155 Å². The van der Waals surface area contributed by atoms with Crippen LogP contribution in [0.3, 0.4) is 0 Å². The summed E-state index contributed by atoms with van der Waals surface area (Å²) in [5.74, 6) is -5.94. The van der Waals surface area contributed by atoms with Crippen molar-refractivity contribution in [2.75, 3.05) is 0 Å². The van der Waals surface area contributed by atoms with E-state index in [2.05, 4.69) is 24.1 Å². The lowest BCUT2D eigenvalue weighted by Crippen LogP contribution is -2.62. The molecule has 0 aliphatic rings. The number of aldehydes is 1. The number of aliphatic hydroxyl groups excluding tert-OH is 3. The van der Waals surface area contributed by atoms with E-state index in [0.717, 1.165) is 19.3 Å². The van der Waals surface area contributed by atoms with Gasteiger partial charge in [-0.2, -0.15) is 0 Å². The van der Waals surface area contributed by atoms with Crippen LogP contribution in [0, 0.1) is 17.3 Å². The molecule has 0 aromatic heterocycles. The first-order chi connectivity index (χ1) is 21.5. The van der Waals surface area contributed by atoms with Crippen LogP contribution in [0.15, 0.2) is 12.7 Å². The highest BCUT2D eigenvalue weighted by Crippen LogP contribution is 2.25. The maximum Gasteiger partial charge on any atom is 0.333 e. The molecular formula is C34H61N3O9. The Morgan fingerprint density at radius 3 is 1.70 bits per heavy atom. The van der Waals surface area contributed by atoms with Crippen LogP contribution in [0.1, 0.15) is 119 Å². The molecule has 0 unspecified atom stereocenters. The molecule has 0 aliphatic carbocycles. The van der Waals surface area contributed by atoms with Gasteiger partial charge in [0.25, 0.3) is 0 Å². The topological polar surface area (TPSA) is 202 Å². The molecule has 0 radical (unpaired) electrons. The van der Waals surface area contributed by atoms with Crippen molar-refractivity contribution in [1.82, 2.24) is 16.0 Å². The fourth-order valence-electron chi connectivity index (χ4n) is 5.14. The summed E-state index contributed by atoms with van der Waals surface area (Å²) in [5, 5.41) is 47.7. The molecule has 12 nitrogen and oxygen atoms in total. The van der Waals surface area contributed by atoms with E-state index >= 15 is 0 Å². The molecule has 0 aromatic carbocycles. The SMILES string of the molecule is C=CC(C)(C)[C@H](NC(=O)[C@H](C)[C@H](O)[C@@H](C)[C@H](O)CCCCCCCCCCCCC)C(=O)N[C@H](C(=O)N[C@@H](C=O)C(=O)O)[C@@H](C)O. The number of amides is 3. The molecule has 0 bridgehead atoms. The number of aliphatic hydroxyl groups is 3. The summed E-state index contributed by atoms with van der Waals surface area (Å²) in [7, 11) is 0. The second-order valence-electron chi connectivity index (χ2n) is 13.2. The van der Waals surface area contributed by atoms with Gasteiger partial charge in [-0.3, -0.25) is 14.4 Å². The molecule has 0 fully saturated rings. The summed E-state index contributed by atoms with van der Waals surface area (Å²) in [4.78, 5) is 61.4. The minimum Gasteiger partial charge on any atom is -0.479 e. The zero-order valence-electron chi connectivity index (χ0n) is 28.8. The first-order valence-corrected chi connectivity index (χ1v) is 16.8. The third kappa shape index (κ3) is 15.6. The first kappa shape index (κ1) is 43.2. The molecule has 3 amide bonds. The molecule has 0 aromatic rings. The molecule has 46 heavy (non-hydrogen) atoms. The number of unbranched alkanes of at least 4 members (excludes halogenated alkanes) is 10. The summed E-state index contributed by atoms with van der Waals surface area (Å²) in [6.45, 7) is 13.5. The second kappa shape index (κ2) is 22.7. The summed E-state index contributed by atoms with van der Waals surface area (Å²) < 4.78 is 0. The Labute approximate surface area is 275 Å². The Morgan fingerprint density at radius 1 is 0.761 bits per heavy atom. The number of rotatable bonds is 26. The lowest BCUT2D eigenvalue weighted by atomic mass is 9.82. The molecule has 0 rings (SSSR count). The number of hydrogen-bond donors (Lipinski definition) is 7. The van der Waals surface area contributed by atoms with Gasteiger partial charge in [-0.25, -0.2) is 4.79 Å². The third-order valence-electron chi connectivity index (χ3n) is 8.76. The van der Waals surface area contributed by atoms with E-state index in [9.17, 15) is 39.3 Å². The smallest absolute Gasteiger partial charge is 0.333 e. The number of nitrogens with one attached hydrogen (secondary N) is 3. The van der Waals surface area contributed by atoms with Crippen molar-refractivity contribution in [1.29, 1.82) is 0 Å². The van der Waals surface area contributed by atoms with Crippen LogP contribution in [-0.2, 0) is 24.0 Å². The molecule has 12 heteroatoms. The third-order valence-corrected chi connectivity index (χ3v) is 8.76. The highest BCUT2D eigenvalue weighted by molar-refractivity contribution is 5.98. The van der Waals surface area contributed by atoms with Crippen LogP contribution < -0.4 is 16.0 Å². The van der Waals surface area contributed by atoms with Crippen LogP contribution in [0.2, 0.25) is 0 Å². The van der Waals surface area contributed by atoms with Gasteiger partial charge in [0.1, 0.15) is 12.1 Å². The molecule has 0 spiro atoms. The van der Waals surface area contributed by atoms with E-state index in [0.29, 0.717) is 6.42 Å². The predicted molar refractivity (Wildman–Crippen MR) is 177 cm³/mol. The van der Waals surface area contributed by atoms with Crippen LogP contribution >= 0.6 is 0 Å². The van der Waals surface area contributed by atoms with Crippen molar-refractivity contribution >= 4 is 30.0 Å². The van der Waals surface area contributed by atoms with Gasteiger partial charge in [0.2, 0.25) is 17.7 Å². The zero-order valence-corrected chi connectivity index (χ0v) is 28.8. The van der Waals surface area contributed by atoms with Crippen molar-refractivity contribution in [3.63, 3.8) is 0 Å². The van der Waals surface area contributed by atoms with Gasteiger partial charge in [-0.1, -0.05) is 111 Å². The van der Waals surface area contributed by atoms with Crippen LogP contribution in [0.25, 0.3) is 0 Å². The average Bonchev–Trinajstić information content (AvgIpc) is 3.01. The lowest BCUT2D eigenvalue weighted by Gasteiger charge is -2.35. The van der Waals surface area contributed by atoms with E-state index in [1.807, 2.05) is 5.32 Å². The molecule has 8 atom stereocenters. The molecule has 7 N–H and O–H groups in total.